The van der Waals surface area contributed by atoms with Crippen molar-refractivity contribution in [3.05, 3.63) is 27.7 Å². The van der Waals surface area contributed by atoms with Gasteiger partial charge in [0.1, 0.15) is 5.54 Å². The Balaban J connectivity index is 1.88. The molecular weight excluding hydrogens is 399 g/mol. The van der Waals surface area contributed by atoms with Crippen molar-refractivity contribution in [2.45, 2.75) is 25.8 Å². The first-order valence-corrected chi connectivity index (χ1v) is 8.58. The minimum atomic E-state index is -1.01. The molecular formula is C16H18Cl2N4O5. The number of hydrogen-bond donors (Lipinski definition) is 3. The van der Waals surface area contributed by atoms with Crippen LogP contribution in [0.3, 0.4) is 0 Å². The normalized spacial score (nSPS) is 15.4. The minimum Gasteiger partial charge on any atom is -0.494 e. The van der Waals surface area contributed by atoms with Crippen LogP contribution in [-0.2, 0) is 9.59 Å². The molecule has 9 nitrogen and oxygen atoms in total. The van der Waals surface area contributed by atoms with Gasteiger partial charge in [0.15, 0.2) is 5.75 Å². The molecule has 1 aliphatic rings. The van der Waals surface area contributed by atoms with Gasteiger partial charge in [-0.15, -0.1) is 0 Å². The fourth-order valence-electron chi connectivity index (χ4n) is 2.38. The molecule has 5 amide bonds. The van der Waals surface area contributed by atoms with Crippen LogP contribution in [0.25, 0.3) is 0 Å². The lowest BCUT2D eigenvalue weighted by molar-refractivity contribution is -0.130. The summed E-state index contributed by atoms with van der Waals surface area (Å²) >= 11 is 11.9. The predicted octanol–water partition coefficient (Wildman–Crippen LogP) is 1.48. The second kappa shape index (κ2) is 8.01. The van der Waals surface area contributed by atoms with Crippen molar-refractivity contribution in [3.8, 4) is 5.75 Å². The van der Waals surface area contributed by atoms with Gasteiger partial charge in [-0.3, -0.25) is 30.1 Å². The summed E-state index contributed by atoms with van der Waals surface area (Å²) in [5.74, 6) is -1.42. The molecule has 11 heteroatoms. The van der Waals surface area contributed by atoms with Crippen molar-refractivity contribution < 1.29 is 23.9 Å². The van der Waals surface area contributed by atoms with Gasteiger partial charge in [0.25, 0.3) is 11.8 Å². The van der Waals surface area contributed by atoms with Crippen LogP contribution in [0.5, 0.6) is 5.75 Å². The summed E-state index contributed by atoms with van der Waals surface area (Å²) in [6, 6.07) is 2.11. The second-order valence-electron chi connectivity index (χ2n) is 6.24. The van der Waals surface area contributed by atoms with Gasteiger partial charge in [-0.25, -0.2) is 4.79 Å². The van der Waals surface area contributed by atoms with E-state index in [9.17, 15) is 19.2 Å². The van der Waals surface area contributed by atoms with Gasteiger partial charge >= 0.3 is 6.03 Å². The molecule has 0 aliphatic carbocycles. The first-order chi connectivity index (χ1) is 12.6. The van der Waals surface area contributed by atoms with Gasteiger partial charge in [0, 0.05) is 18.5 Å². The molecule has 3 N–H and O–H groups in total. The molecule has 1 aromatic carbocycles. The van der Waals surface area contributed by atoms with Gasteiger partial charge in [0.2, 0.25) is 5.91 Å². The molecule has 0 aromatic heterocycles. The van der Waals surface area contributed by atoms with Gasteiger partial charge in [0.05, 0.1) is 17.2 Å². The number of halogens is 2. The second-order valence-corrected chi connectivity index (χ2v) is 7.05. The Hall–Kier alpha value is -2.52. The molecule has 146 valence electrons. The number of nitrogens with zero attached hydrogens (tertiary/aromatic N) is 1. The number of urea groups is 1. The molecule has 1 fully saturated rings. The number of carbonyl (C=O) groups is 4. The maximum atomic E-state index is 12.1. The lowest BCUT2D eigenvalue weighted by atomic mass is 10.1. The van der Waals surface area contributed by atoms with Crippen LogP contribution in [0.1, 0.15) is 30.6 Å². The SMILES string of the molecule is COc1c(Cl)cc(C(=O)NNC(=O)CCN2C(=O)NC(C)(C)C2=O)cc1Cl. The van der Waals surface area contributed by atoms with Crippen LogP contribution < -0.4 is 20.9 Å². The number of ether oxygens (including phenoxy) is 1. The van der Waals surface area contributed by atoms with E-state index in [0.29, 0.717) is 0 Å². The van der Waals surface area contributed by atoms with Crippen molar-refractivity contribution >= 4 is 47.0 Å². The molecule has 0 radical (unpaired) electrons. The van der Waals surface area contributed by atoms with E-state index in [1.165, 1.54) is 19.2 Å². The van der Waals surface area contributed by atoms with Crippen LogP contribution in [-0.4, -0.2) is 47.8 Å². The Morgan fingerprint density at radius 1 is 1.19 bits per heavy atom. The highest BCUT2D eigenvalue weighted by Gasteiger charge is 2.43. The molecule has 0 spiro atoms. The third-order valence-electron chi connectivity index (χ3n) is 3.79. The van der Waals surface area contributed by atoms with E-state index in [1.54, 1.807) is 13.8 Å². The van der Waals surface area contributed by atoms with Crippen molar-refractivity contribution in [2.24, 2.45) is 0 Å². The minimum absolute atomic E-state index is 0.113. The van der Waals surface area contributed by atoms with Gasteiger partial charge in [-0.05, 0) is 26.0 Å². The summed E-state index contributed by atoms with van der Waals surface area (Å²) in [5.41, 5.74) is 3.51. The maximum absolute atomic E-state index is 12.1. The predicted molar refractivity (Wildman–Crippen MR) is 97.6 cm³/mol. The molecule has 27 heavy (non-hydrogen) atoms. The topological polar surface area (TPSA) is 117 Å². The number of rotatable bonds is 5. The Labute approximate surface area is 165 Å². The third-order valence-corrected chi connectivity index (χ3v) is 4.35. The zero-order chi connectivity index (χ0) is 20.4. The van der Waals surface area contributed by atoms with E-state index < -0.39 is 29.3 Å². The van der Waals surface area contributed by atoms with E-state index >= 15 is 0 Å². The third kappa shape index (κ3) is 4.61. The summed E-state index contributed by atoms with van der Waals surface area (Å²) in [6.07, 6.45) is -0.181. The summed E-state index contributed by atoms with van der Waals surface area (Å²) in [5, 5.41) is 2.79. The van der Waals surface area contributed by atoms with Crippen LogP contribution in [0.4, 0.5) is 4.79 Å². The van der Waals surface area contributed by atoms with E-state index in [0.717, 1.165) is 4.90 Å². The molecule has 1 aliphatic heterocycles. The largest absolute Gasteiger partial charge is 0.494 e. The standard InChI is InChI=1S/C16H18Cl2N4O5/c1-16(2)14(25)22(15(26)19-16)5-4-11(23)20-21-13(24)8-6-9(17)12(27-3)10(18)7-8/h6-7H,4-5H2,1-3H3,(H,19,26)(H,20,23)(H,21,24). The fraction of sp³-hybridized carbons (Fsp3) is 0.375. The van der Waals surface area contributed by atoms with Gasteiger partial charge in [-0.1, -0.05) is 23.2 Å². The Kier molecular flexibility index (Phi) is 6.17. The Morgan fingerprint density at radius 2 is 1.78 bits per heavy atom. The van der Waals surface area contributed by atoms with Crippen molar-refractivity contribution in [3.63, 3.8) is 0 Å². The highest BCUT2D eigenvalue weighted by atomic mass is 35.5. The van der Waals surface area contributed by atoms with Crippen LogP contribution in [0, 0.1) is 0 Å². The molecule has 0 bridgehead atoms. The van der Waals surface area contributed by atoms with Crippen LogP contribution in [0.2, 0.25) is 10.0 Å². The number of imide groups is 1. The highest BCUT2D eigenvalue weighted by molar-refractivity contribution is 6.37. The molecule has 0 unspecified atom stereocenters. The number of benzene rings is 1. The average Bonchev–Trinajstić information content (AvgIpc) is 2.78. The Morgan fingerprint density at radius 3 is 2.26 bits per heavy atom. The van der Waals surface area contributed by atoms with Crippen LogP contribution in [0.15, 0.2) is 12.1 Å². The molecule has 1 aromatic rings. The maximum Gasteiger partial charge on any atom is 0.325 e. The lowest BCUT2D eigenvalue weighted by Crippen LogP contribution is -2.44. The molecule has 0 atom stereocenters. The Bertz CT molecular complexity index is 789. The summed E-state index contributed by atoms with van der Waals surface area (Å²) < 4.78 is 4.99. The van der Waals surface area contributed by atoms with Crippen molar-refractivity contribution in [2.75, 3.05) is 13.7 Å². The monoisotopic (exact) mass is 416 g/mol. The summed E-state index contributed by atoms with van der Waals surface area (Å²) in [4.78, 5) is 48.7. The van der Waals surface area contributed by atoms with Crippen molar-refractivity contribution in [1.29, 1.82) is 0 Å². The number of methoxy groups -OCH3 is 1. The van der Waals surface area contributed by atoms with E-state index in [-0.39, 0.29) is 34.3 Å². The fourth-order valence-corrected chi connectivity index (χ4v) is 3.02. The highest BCUT2D eigenvalue weighted by Crippen LogP contribution is 2.33. The van der Waals surface area contributed by atoms with E-state index in [1.807, 2.05) is 0 Å². The molecule has 1 saturated heterocycles. The van der Waals surface area contributed by atoms with Crippen LogP contribution >= 0.6 is 23.2 Å². The van der Waals surface area contributed by atoms with E-state index in [4.69, 9.17) is 27.9 Å². The van der Waals surface area contributed by atoms with Gasteiger partial charge < -0.3 is 10.1 Å². The average molecular weight is 417 g/mol. The first-order valence-electron chi connectivity index (χ1n) is 7.83. The first kappa shape index (κ1) is 20.8. The van der Waals surface area contributed by atoms with E-state index in [2.05, 4.69) is 16.2 Å². The van der Waals surface area contributed by atoms with Gasteiger partial charge in [-0.2, -0.15) is 0 Å². The lowest BCUT2D eigenvalue weighted by Gasteiger charge is -2.16. The molecule has 2 rings (SSSR count). The number of carbonyl (C=O) groups excluding carboxylic acids is 4. The number of nitrogens with one attached hydrogen (secondary N) is 3. The molecule has 1 heterocycles. The molecule has 0 saturated carbocycles. The van der Waals surface area contributed by atoms with Crippen molar-refractivity contribution in [1.82, 2.24) is 21.1 Å². The number of hydrogen-bond acceptors (Lipinski definition) is 5. The smallest absolute Gasteiger partial charge is 0.325 e. The quantitative estimate of drug-likeness (QED) is 0.496. The number of amides is 5. The number of hydrazine groups is 1. The zero-order valence-corrected chi connectivity index (χ0v) is 16.3. The zero-order valence-electron chi connectivity index (χ0n) is 14.8. The summed E-state index contributed by atoms with van der Waals surface area (Å²) in [7, 11) is 1.39. The summed E-state index contributed by atoms with van der Waals surface area (Å²) in [6.45, 7) is 3.02.